The summed E-state index contributed by atoms with van der Waals surface area (Å²) in [5.74, 6) is 0.0853. The molecule has 2 amide bonds. The minimum Gasteiger partial charge on any atom is -0.490 e. The zero-order chi connectivity index (χ0) is 24.8. The largest absolute Gasteiger partial charge is 0.490 e. The van der Waals surface area contributed by atoms with Crippen molar-refractivity contribution in [3.8, 4) is 5.75 Å². The van der Waals surface area contributed by atoms with Crippen molar-refractivity contribution in [2.24, 2.45) is 0 Å². The number of anilines is 1. The molecule has 2 aromatic carbocycles. The number of piperazine rings is 1. The van der Waals surface area contributed by atoms with Crippen LogP contribution in [0.15, 0.2) is 72.1 Å². The van der Waals surface area contributed by atoms with E-state index in [2.05, 4.69) is 10.3 Å². The first-order valence-electron chi connectivity index (χ1n) is 11.2. The van der Waals surface area contributed by atoms with Gasteiger partial charge in [0.05, 0.1) is 23.5 Å². The number of para-hydroxylation sites is 2. The summed E-state index contributed by atoms with van der Waals surface area (Å²) in [6, 6.07) is 12.9. The molecule has 0 saturated carbocycles. The molecular weight excluding hydrogens is 470 g/mol. The van der Waals surface area contributed by atoms with Crippen LogP contribution in [0.1, 0.15) is 17.3 Å². The van der Waals surface area contributed by atoms with Crippen LogP contribution in [0.25, 0.3) is 0 Å². The van der Waals surface area contributed by atoms with E-state index in [0.29, 0.717) is 43.2 Å². The summed E-state index contributed by atoms with van der Waals surface area (Å²) < 4.78 is 35.0. The zero-order valence-corrected chi connectivity index (χ0v) is 20.1. The second kappa shape index (κ2) is 10.7. The van der Waals surface area contributed by atoms with Gasteiger partial charge in [-0.2, -0.15) is 4.31 Å². The van der Waals surface area contributed by atoms with Gasteiger partial charge in [-0.1, -0.05) is 12.1 Å². The molecule has 0 radical (unpaired) electrons. The average molecular weight is 498 g/mol. The second-order valence-corrected chi connectivity index (χ2v) is 9.97. The van der Waals surface area contributed by atoms with Gasteiger partial charge in [0.2, 0.25) is 15.9 Å². The first-order chi connectivity index (χ1) is 16.8. The first-order valence-corrected chi connectivity index (χ1v) is 12.6. The Bertz CT molecular complexity index is 1270. The highest BCUT2D eigenvalue weighted by Crippen LogP contribution is 2.25. The first kappa shape index (κ1) is 24.4. The van der Waals surface area contributed by atoms with Crippen molar-refractivity contribution in [2.75, 3.05) is 38.1 Å². The summed E-state index contributed by atoms with van der Waals surface area (Å²) in [7, 11) is -3.71. The smallest absolute Gasteiger partial charge is 0.255 e. The van der Waals surface area contributed by atoms with Crippen molar-refractivity contribution in [3.05, 3.63) is 72.8 Å². The number of rotatable bonds is 8. The zero-order valence-electron chi connectivity index (χ0n) is 19.3. The van der Waals surface area contributed by atoms with Gasteiger partial charge >= 0.3 is 0 Å². The van der Waals surface area contributed by atoms with E-state index in [4.69, 9.17) is 4.74 Å². The fourth-order valence-electron chi connectivity index (χ4n) is 3.74. The highest BCUT2D eigenvalue weighted by Gasteiger charge is 2.29. The molecule has 1 fully saturated rings. The number of aromatic nitrogens is 2. The number of amides is 2. The Morgan fingerprint density at radius 2 is 1.74 bits per heavy atom. The van der Waals surface area contributed by atoms with Crippen LogP contribution in [-0.2, 0) is 21.4 Å². The summed E-state index contributed by atoms with van der Waals surface area (Å²) in [4.78, 5) is 30.0. The Hall–Kier alpha value is -3.70. The molecule has 35 heavy (non-hydrogen) atoms. The van der Waals surface area contributed by atoms with Crippen LogP contribution in [-0.4, -0.2) is 71.8 Å². The molecule has 0 spiro atoms. The van der Waals surface area contributed by atoms with Crippen LogP contribution in [0.5, 0.6) is 5.75 Å². The molecule has 4 rings (SSSR count). The van der Waals surface area contributed by atoms with E-state index in [-0.39, 0.29) is 29.8 Å². The fourth-order valence-corrected chi connectivity index (χ4v) is 5.16. The summed E-state index contributed by atoms with van der Waals surface area (Å²) in [6.07, 6.45) is 5.24. The molecule has 0 atom stereocenters. The molecule has 0 unspecified atom stereocenters. The molecule has 0 aliphatic carbocycles. The van der Waals surface area contributed by atoms with E-state index >= 15 is 0 Å². The molecule has 1 aromatic heterocycles. The van der Waals surface area contributed by atoms with Gasteiger partial charge < -0.3 is 19.5 Å². The summed E-state index contributed by atoms with van der Waals surface area (Å²) in [6.45, 7) is 3.68. The maximum atomic E-state index is 13.0. The topological polar surface area (TPSA) is 114 Å². The van der Waals surface area contributed by atoms with Crippen LogP contribution in [0.2, 0.25) is 0 Å². The third kappa shape index (κ3) is 5.87. The number of benzene rings is 2. The molecule has 0 bridgehead atoms. The van der Waals surface area contributed by atoms with Gasteiger partial charge in [-0.25, -0.2) is 13.4 Å². The fraction of sp³-hybridized carbons (Fsp3) is 0.292. The third-order valence-electron chi connectivity index (χ3n) is 5.74. The number of hydrogen-bond donors (Lipinski definition) is 1. The number of nitrogens with zero attached hydrogens (tertiary/aromatic N) is 4. The number of nitrogens with one attached hydrogen (secondary N) is 1. The van der Waals surface area contributed by atoms with E-state index in [1.165, 1.54) is 35.5 Å². The molecule has 1 aliphatic rings. The molecule has 1 saturated heterocycles. The predicted molar refractivity (Wildman–Crippen MR) is 130 cm³/mol. The maximum absolute atomic E-state index is 13.0. The predicted octanol–water partition coefficient (Wildman–Crippen LogP) is 2.07. The molecule has 2 heterocycles. The van der Waals surface area contributed by atoms with Gasteiger partial charge in [-0.3, -0.25) is 9.59 Å². The van der Waals surface area contributed by atoms with Gasteiger partial charge in [0, 0.05) is 51.1 Å². The normalized spacial score (nSPS) is 14.5. The standard InChI is InChI=1S/C24H27N5O5S/c1-19(30)28-12-14-29(15-13-28)35(32,33)21-8-6-20(7-9-21)24(31)26-22-4-2-3-5-23(22)34-17-16-27-11-10-25-18-27/h2-11,18H,12-17H2,1H3,(H,26,31). The van der Waals surface area contributed by atoms with Gasteiger partial charge in [0.25, 0.3) is 5.91 Å². The van der Waals surface area contributed by atoms with Crippen LogP contribution in [0, 0.1) is 0 Å². The number of hydrogen-bond acceptors (Lipinski definition) is 6. The SMILES string of the molecule is CC(=O)N1CCN(S(=O)(=O)c2ccc(C(=O)Nc3ccccc3OCCn3ccnc3)cc2)CC1. The van der Waals surface area contributed by atoms with E-state index in [9.17, 15) is 18.0 Å². The van der Waals surface area contributed by atoms with E-state index in [0.717, 1.165) is 0 Å². The molecule has 184 valence electrons. The number of imidazole rings is 1. The van der Waals surface area contributed by atoms with Crippen molar-refractivity contribution in [1.82, 2.24) is 18.8 Å². The highest BCUT2D eigenvalue weighted by atomic mass is 32.2. The number of sulfonamides is 1. The molecule has 10 nitrogen and oxygen atoms in total. The van der Waals surface area contributed by atoms with Gasteiger partial charge in [0.1, 0.15) is 12.4 Å². The van der Waals surface area contributed by atoms with Crippen LogP contribution in [0.3, 0.4) is 0 Å². The lowest BCUT2D eigenvalue weighted by Crippen LogP contribution is -2.49. The Labute approximate surface area is 204 Å². The Balaban J connectivity index is 1.38. The van der Waals surface area contributed by atoms with Crippen LogP contribution in [0.4, 0.5) is 5.69 Å². The molecule has 3 aromatic rings. The van der Waals surface area contributed by atoms with E-state index in [1.54, 1.807) is 35.6 Å². The minimum atomic E-state index is -3.71. The molecule has 11 heteroatoms. The number of ether oxygens (including phenoxy) is 1. The minimum absolute atomic E-state index is 0.0670. The number of carbonyl (C=O) groups excluding carboxylic acids is 2. The monoisotopic (exact) mass is 497 g/mol. The van der Waals surface area contributed by atoms with E-state index < -0.39 is 10.0 Å². The third-order valence-corrected chi connectivity index (χ3v) is 7.65. The highest BCUT2D eigenvalue weighted by molar-refractivity contribution is 7.89. The second-order valence-electron chi connectivity index (χ2n) is 8.03. The Kier molecular flexibility index (Phi) is 7.47. The van der Waals surface area contributed by atoms with Crippen molar-refractivity contribution >= 4 is 27.5 Å². The van der Waals surface area contributed by atoms with Crippen molar-refractivity contribution in [1.29, 1.82) is 0 Å². The van der Waals surface area contributed by atoms with Gasteiger partial charge in [-0.15, -0.1) is 0 Å². The Morgan fingerprint density at radius 3 is 2.40 bits per heavy atom. The van der Waals surface area contributed by atoms with E-state index in [1.807, 2.05) is 16.8 Å². The molecular formula is C24H27N5O5S. The van der Waals surface area contributed by atoms with Crippen LogP contribution >= 0.6 is 0 Å². The molecule has 1 aliphatic heterocycles. The van der Waals surface area contributed by atoms with Gasteiger partial charge in [-0.05, 0) is 36.4 Å². The van der Waals surface area contributed by atoms with Crippen LogP contribution < -0.4 is 10.1 Å². The van der Waals surface area contributed by atoms with Gasteiger partial charge in [0.15, 0.2) is 0 Å². The molecule has 1 N–H and O–H groups in total. The van der Waals surface area contributed by atoms with Crippen molar-refractivity contribution < 1.29 is 22.7 Å². The maximum Gasteiger partial charge on any atom is 0.255 e. The lowest BCUT2D eigenvalue weighted by Gasteiger charge is -2.33. The number of carbonyl (C=O) groups is 2. The quantitative estimate of drug-likeness (QED) is 0.510. The summed E-state index contributed by atoms with van der Waals surface area (Å²) >= 11 is 0. The average Bonchev–Trinajstić information content (AvgIpc) is 3.39. The van der Waals surface area contributed by atoms with Crippen molar-refractivity contribution in [2.45, 2.75) is 18.4 Å². The summed E-state index contributed by atoms with van der Waals surface area (Å²) in [5, 5.41) is 2.83. The van der Waals surface area contributed by atoms with Crippen molar-refractivity contribution in [3.63, 3.8) is 0 Å². The summed E-state index contributed by atoms with van der Waals surface area (Å²) in [5.41, 5.74) is 0.835. The Morgan fingerprint density at radius 1 is 1.03 bits per heavy atom. The lowest BCUT2D eigenvalue weighted by atomic mass is 10.2. The lowest BCUT2D eigenvalue weighted by molar-refractivity contribution is -0.129.